The number of benzene rings is 2. The molecule has 0 radical (unpaired) electrons. The highest BCUT2D eigenvalue weighted by Gasteiger charge is 2.30. The fourth-order valence-electron chi connectivity index (χ4n) is 4.00. The lowest BCUT2D eigenvalue weighted by Gasteiger charge is -2.36. The topological polar surface area (TPSA) is 96.2 Å². The van der Waals surface area contributed by atoms with E-state index in [1.165, 1.54) is 22.0 Å². The van der Waals surface area contributed by atoms with E-state index in [0.29, 0.717) is 32.0 Å². The Balaban J connectivity index is 1.49. The zero-order chi connectivity index (χ0) is 21.8. The SMILES string of the molecule is O=[N+]([O-])c1cc(S(=O)(=O)N2CCOCC2)ccc1N1CCN(Cc2ccccc2)CC1. The van der Waals surface area contributed by atoms with E-state index < -0.39 is 14.9 Å². The summed E-state index contributed by atoms with van der Waals surface area (Å²) in [6.45, 7) is 4.83. The first kappa shape index (κ1) is 21.7. The van der Waals surface area contributed by atoms with Gasteiger partial charge >= 0.3 is 0 Å². The molecule has 2 fully saturated rings. The fourth-order valence-corrected chi connectivity index (χ4v) is 5.43. The Kier molecular flexibility index (Phi) is 6.51. The molecule has 0 aromatic heterocycles. The maximum Gasteiger partial charge on any atom is 0.293 e. The van der Waals surface area contributed by atoms with Gasteiger partial charge in [0.2, 0.25) is 10.0 Å². The number of nitro groups is 1. The molecule has 2 aliphatic heterocycles. The zero-order valence-corrected chi connectivity index (χ0v) is 18.0. The van der Waals surface area contributed by atoms with Gasteiger partial charge < -0.3 is 9.64 Å². The Labute approximate surface area is 182 Å². The summed E-state index contributed by atoms with van der Waals surface area (Å²) in [7, 11) is -3.79. The summed E-state index contributed by atoms with van der Waals surface area (Å²) in [6, 6.07) is 14.4. The van der Waals surface area contributed by atoms with E-state index in [-0.39, 0.29) is 23.7 Å². The number of morpholine rings is 1. The fraction of sp³-hybridized carbons (Fsp3) is 0.429. The van der Waals surface area contributed by atoms with E-state index >= 15 is 0 Å². The molecule has 0 amide bonds. The lowest BCUT2D eigenvalue weighted by molar-refractivity contribution is -0.384. The number of hydrogen-bond donors (Lipinski definition) is 0. The van der Waals surface area contributed by atoms with Gasteiger partial charge in [0.15, 0.2) is 0 Å². The molecule has 2 aliphatic rings. The van der Waals surface area contributed by atoms with E-state index in [1.54, 1.807) is 6.07 Å². The van der Waals surface area contributed by atoms with Crippen LogP contribution in [0.1, 0.15) is 5.56 Å². The monoisotopic (exact) mass is 446 g/mol. The number of anilines is 1. The molecular weight excluding hydrogens is 420 g/mol. The van der Waals surface area contributed by atoms with Crippen molar-refractivity contribution in [3.63, 3.8) is 0 Å². The molecule has 31 heavy (non-hydrogen) atoms. The van der Waals surface area contributed by atoms with E-state index in [9.17, 15) is 18.5 Å². The molecule has 9 nitrogen and oxygen atoms in total. The average Bonchev–Trinajstić information content (AvgIpc) is 2.80. The number of ether oxygens (including phenoxy) is 1. The molecule has 2 heterocycles. The summed E-state index contributed by atoms with van der Waals surface area (Å²) in [4.78, 5) is 15.5. The second kappa shape index (κ2) is 9.31. The molecule has 0 saturated carbocycles. The molecule has 10 heteroatoms. The van der Waals surface area contributed by atoms with Gasteiger partial charge in [0.1, 0.15) is 5.69 Å². The summed E-state index contributed by atoms with van der Waals surface area (Å²) < 4.78 is 32.3. The van der Waals surface area contributed by atoms with Gasteiger partial charge in [-0.1, -0.05) is 30.3 Å². The summed E-state index contributed by atoms with van der Waals surface area (Å²) in [6.07, 6.45) is 0. The number of sulfonamides is 1. The van der Waals surface area contributed by atoms with E-state index in [2.05, 4.69) is 17.0 Å². The highest BCUT2D eigenvalue weighted by atomic mass is 32.2. The van der Waals surface area contributed by atoms with Crippen molar-refractivity contribution in [2.45, 2.75) is 11.4 Å². The molecule has 0 N–H and O–H groups in total. The number of piperazine rings is 1. The summed E-state index contributed by atoms with van der Waals surface area (Å²) in [5.74, 6) is 0. The lowest BCUT2D eigenvalue weighted by atomic mass is 10.2. The van der Waals surface area contributed by atoms with E-state index in [1.807, 2.05) is 23.1 Å². The predicted molar refractivity (Wildman–Crippen MR) is 117 cm³/mol. The minimum absolute atomic E-state index is 0.0486. The summed E-state index contributed by atoms with van der Waals surface area (Å²) in [5.41, 5.74) is 1.52. The molecule has 166 valence electrons. The van der Waals surface area contributed by atoms with Gasteiger partial charge in [-0.2, -0.15) is 4.31 Å². The molecule has 0 spiro atoms. The molecule has 0 bridgehead atoms. The van der Waals surface area contributed by atoms with Crippen LogP contribution in [0.3, 0.4) is 0 Å². The van der Waals surface area contributed by atoms with Gasteiger partial charge in [-0.05, 0) is 17.7 Å². The van der Waals surface area contributed by atoms with Gasteiger partial charge in [0.25, 0.3) is 5.69 Å². The van der Waals surface area contributed by atoms with Crippen LogP contribution in [0.4, 0.5) is 11.4 Å². The molecule has 4 rings (SSSR count). The Morgan fingerprint density at radius 1 is 0.935 bits per heavy atom. The van der Waals surface area contributed by atoms with Crippen LogP contribution in [0.15, 0.2) is 53.4 Å². The quantitative estimate of drug-likeness (QED) is 0.494. The lowest BCUT2D eigenvalue weighted by Crippen LogP contribution is -2.46. The van der Waals surface area contributed by atoms with Gasteiger partial charge in [-0.15, -0.1) is 0 Å². The number of rotatable bonds is 6. The standard InChI is InChI=1S/C21H26N4O5S/c26-25(27)21-16-19(31(28,29)24-12-14-30-15-13-24)6-7-20(21)23-10-8-22(9-11-23)17-18-4-2-1-3-5-18/h1-7,16H,8-15,17H2. The molecule has 2 aromatic rings. The molecule has 0 aliphatic carbocycles. The van der Waals surface area contributed by atoms with Gasteiger partial charge in [0.05, 0.1) is 23.0 Å². The largest absolute Gasteiger partial charge is 0.379 e. The second-order valence-corrected chi connectivity index (χ2v) is 9.61. The Bertz CT molecular complexity index is 1020. The molecule has 2 saturated heterocycles. The molecule has 0 atom stereocenters. The smallest absolute Gasteiger partial charge is 0.293 e. The number of hydrogen-bond acceptors (Lipinski definition) is 7. The van der Waals surface area contributed by atoms with Gasteiger partial charge in [-0.25, -0.2) is 8.42 Å². The normalized spacial score (nSPS) is 18.8. The van der Waals surface area contributed by atoms with Crippen LogP contribution < -0.4 is 4.90 Å². The number of nitro benzene ring substituents is 1. The maximum absolute atomic E-state index is 12.9. The van der Waals surface area contributed by atoms with Crippen molar-refractivity contribution in [3.05, 3.63) is 64.2 Å². The Hall–Kier alpha value is -2.53. The van der Waals surface area contributed by atoms with Crippen LogP contribution in [0.2, 0.25) is 0 Å². The van der Waals surface area contributed by atoms with Crippen LogP contribution in [0.5, 0.6) is 0 Å². The van der Waals surface area contributed by atoms with Crippen LogP contribution in [0.25, 0.3) is 0 Å². The third kappa shape index (κ3) is 4.87. The van der Waals surface area contributed by atoms with Crippen molar-refractivity contribution < 1.29 is 18.1 Å². The Morgan fingerprint density at radius 3 is 2.26 bits per heavy atom. The predicted octanol–water partition coefficient (Wildman–Crippen LogP) is 1.94. The summed E-state index contributed by atoms with van der Waals surface area (Å²) in [5, 5.41) is 11.8. The van der Waals surface area contributed by atoms with Crippen molar-refractivity contribution in [1.29, 1.82) is 0 Å². The Morgan fingerprint density at radius 2 is 1.61 bits per heavy atom. The molecule has 0 unspecified atom stereocenters. The average molecular weight is 447 g/mol. The zero-order valence-electron chi connectivity index (χ0n) is 17.2. The minimum atomic E-state index is -3.79. The van der Waals surface area contributed by atoms with Gasteiger partial charge in [-0.3, -0.25) is 15.0 Å². The first-order chi connectivity index (χ1) is 14.9. The highest BCUT2D eigenvalue weighted by molar-refractivity contribution is 7.89. The third-order valence-corrected chi connectivity index (χ3v) is 7.61. The van der Waals surface area contributed by atoms with Crippen LogP contribution in [0, 0.1) is 10.1 Å². The van der Waals surface area contributed by atoms with Crippen molar-refractivity contribution >= 4 is 21.4 Å². The first-order valence-electron chi connectivity index (χ1n) is 10.3. The molecular formula is C21H26N4O5S. The highest BCUT2D eigenvalue weighted by Crippen LogP contribution is 2.32. The molecule has 2 aromatic carbocycles. The van der Waals surface area contributed by atoms with E-state index in [4.69, 9.17) is 4.74 Å². The number of nitrogens with zero attached hydrogens (tertiary/aromatic N) is 4. The summed E-state index contributed by atoms with van der Waals surface area (Å²) >= 11 is 0. The van der Waals surface area contributed by atoms with Crippen molar-refractivity contribution in [2.24, 2.45) is 0 Å². The van der Waals surface area contributed by atoms with Crippen molar-refractivity contribution in [3.8, 4) is 0 Å². The maximum atomic E-state index is 12.9. The van der Waals surface area contributed by atoms with Crippen LogP contribution in [-0.2, 0) is 21.3 Å². The van der Waals surface area contributed by atoms with Crippen LogP contribution >= 0.6 is 0 Å². The van der Waals surface area contributed by atoms with Gasteiger partial charge in [0, 0.05) is 51.9 Å². The van der Waals surface area contributed by atoms with Crippen molar-refractivity contribution in [2.75, 3.05) is 57.4 Å². The second-order valence-electron chi connectivity index (χ2n) is 7.67. The van der Waals surface area contributed by atoms with Crippen LogP contribution in [-0.4, -0.2) is 75.0 Å². The van der Waals surface area contributed by atoms with E-state index in [0.717, 1.165) is 19.6 Å². The minimum Gasteiger partial charge on any atom is -0.379 e. The van der Waals surface area contributed by atoms with Crippen molar-refractivity contribution in [1.82, 2.24) is 9.21 Å². The first-order valence-corrected chi connectivity index (χ1v) is 11.8. The third-order valence-electron chi connectivity index (χ3n) is 5.71.